The molecule has 10 heteroatoms. The minimum absolute atomic E-state index is 0.0149. The second-order valence-corrected chi connectivity index (χ2v) is 13.9. The fourth-order valence-electron chi connectivity index (χ4n) is 7.24. The van der Waals surface area contributed by atoms with E-state index in [1.807, 2.05) is 37.8 Å². The van der Waals surface area contributed by atoms with E-state index in [-0.39, 0.29) is 30.3 Å². The van der Waals surface area contributed by atoms with Crippen molar-refractivity contribution >= 4 is 29.5 Å². The Morgan fingerprint density at radius 3 is 2.55 bits per heavy atom. The van der Waals surface area contributed by atoms with E-state index in [0.29, 0.717) is 32.9 Å². The van der Waals surface area contributed by atoms with Crippen LogP contribution in [0.1, 0.15) is 46.5 Å². The summed E-state index contributed by atoms with van der Waals surface area (Å²) in [4.78, 5) is 48.7. The zero-order chi connectivity index (χ0) is 28.5. The largest absolute Gasteiger partial charge is 0.465 e. The van der Waals surface area contributed by atoms with Gasteiger partial charge in [-0.3, -0.25) is 19.3 Å². The van der Waals surface area contributed by atoms with E-state index in [1.54, 1.807) is 16.7 Å². The highest BCUT2D eigenvalue weighted by atomic mass is 32.2. The van der Waals surface area contributed by atoms with Gasteiger partial charge in [-0.15, -0.1) is 11.8 Å². The first kappa shape index (κ1) is 29.6. The van der Waals surface area contributed by atoms with Crippen LogP contribution in [-0.4, -0.2) is 118 Å². The van der Waals surface area contributed by atoms with Crippen LogP contribution in [0.4, 0.5) is 0 Å². The molecule has 0 aromatic rings. The molecule has 222 valence electrons. The van der Waals surface area contributed by atoms with E-state index in [4.69, 9.17) is 9.47 Å². The van der Waals surface area contributed by atoms with Crippen LogP contribution in [0.2, 0.25) is 0 Å². The number of aliphatic hydroxyl groups excluding tert-OH is 1. The van der Waals surface area contributed by atoms with Crippen molar-refractivity contribution in [3.8, 4) is 0 Å². The SMILES string of the molecule is CC[C@H](C)[C@H](CO)N1C(=O)[C@@H]2[C@H]3C(=O)OCCCC/C=C\[C@@]3(C)S[C@@]23C=CCN(CCN2CCOCC2)C(=O)C13. The Morgan fingerprint density at radius 2 is 1.82 bits per heavy atom. The number of amides is 2. The van der Waals surface area contributed by atoms with Crippen LogP contribution in [0.25, 0.3) is 0 Å². The van der Waals surface area contributed by atoms with Crippen molar-refractivity contribution in [3.05, 3.63) is 24.3 Å². The van der Waals surface area contributed by atoms with Gasteiger partial charge >= 0.3 is 5.97 Å². The van der Waals surface area contributed by atoms with Crippen molar-refractivity contribution in [1.82, 2.24) is 14.7 Å². The highest BCUT2D eigenvalue weighted by Crippen LogP contribution is 2.65. The topological polar surface area (TPSA) is 99.6 Å². The lowest BCUT2D eigenvalue weighted by atomic mass is 9.74. The molecule has 0 bridgehead atoms. The van der Waals surface area contributed by atoms with E-state index in [1.165, 1.54) is 0 Å². The van der Waals surface area contributed by atoms with Crippen molar-refractivity contribution in [2.45, 2.75) is 68.0 Å². The van der Waals surface area contributed by atoms with Crippen molar-refractivity contribution in [2.24, 2.45) is 17.8 Å². The molecule has 1 unspecified atom stereocenters. The summed E-state index contributed by atoms with van der Waals surface area (Å²) in [5, 5.41) is 10.6. The Hall–Kier alpha value is -1.88. The molecular formula is C30H45N3O6S. The molecule has 5 heterocycles. The van der Waals surface area contributed by atoms with E-state index in [9.17, 15) is 19.5 Å². The van der Waals surface area contributed by atoms with Gasteiger partial charge in [0.1, 0.15) is 6.04 Å². The fraction of sp³-hybridized carbons (Fsp3) is 0.767. The summed E-state index contributed by atoms with van der Waals surface area (Å²) in [6.07, 6.45) is 11.6. The molecule has 1 spiro atoms. The van der Waals surface area contributed by atoms with Crippen molar-refractivity contribution in [2.75, 3.05) is 59.2 Å². The van der Waals surface area contributed by atoms with Gasteiger partial charge < -0.3 is 24.4 Å². The number of morpholine rings is 1. The zero-order valence-corrected chi connectivity index (χ0v) is 24.9. The standard InChI is InChI=1S/C30H45N3O6S/c1-4-21(2)22(20-34)33-25-27(36)32(14-13-31-15-18-38-19-16-31)12-9-11-30(25)23(26(33)35)24-28(37)39-17-8-6-5-7-10-29(24,3)40-30/h7,9-11,21-25,34H,4-6,8,12-20H2,1-3H3/b10-7-/t21-,22-,23-,24-,25?,29+,30-/m0/s1. The third kappa shape index (κ3) is 5.14. The first-order valence-corrected chi connectivity index (χ1v) is 15.8. The molecule has 3 fully saturated rings. The molecule has 5 rings (SSSR count). The van der Waals surface area contributed by atoms with Gasteiger partial charge in [-0.25, -0.2) is 0 Å². The summed E-state index contributed by atoms with van der Waals surface area (Å²) in [5.41, 5.74) is 0. The molecule has 2 amide bonds. The fourth-order valence-corrected chi connectivity index (χ4v) is 9.38. The van der Waals surface area contributed by atoms with Crippen LogP contribution in [-0.2, 0) is 23.9 Å². The molecule has 0 aliphatic carbocycles. The molecule has 9 nitrogen and oxygen atoms in total. The number of cyclic esters (lactones) is 1. The second kappa shape index (κ2) is 12.2. The third-order valence-electron chi connectivity index (χ3n) is 9.66. The van der Waals surface area contributed by atoms with Crippen LogP contribution < -0.4 is 0 Å². The quantitative estimate of drug-likeness (QED) is 0.364. The van der Waals surface area contributed by atoms with Gasteiger partial charge in [0, 0.05) is 37.5 Å². The van der Waals surface area contributed by atoms with E-state index in [2.05, 4.69) is 17.1 Å². The van der Waals surface area contributed by atoms with Crippen LogP contribution in [0.15, 0.2) is 24.3 Å². The lowest BCUT2D eigenvalue weighted by Gasteiger charge is -2.41. The molecule has 0 saturated carbocycles. The lowest BCUT2D eigenvalue weighted by molar-refractivity contribution is -0.155. The number of aliphatic hydroxyl groups is 1. The number of rotatable bonds is 7. The number of ether oxygens (including phenoxy) is 2. The summed E-state index contributed by atoms with van der Waals surface area (Å²) >= 11 is 1.57. The van der Waals surface area contributed by atoms with Gasteiger partial charge in [0.2, 0.25) is 11.8 Å². The Bertz CT molecular complexity index is 1030. The molecule has 1 N–H and O–H groups in total. The van der Waals surface area contributed by atoms with Gasteiger partial charge in [0.25, 0.3) is 0 Å². The average molecular weight is 576 g/mol. The molecular weight excluding hydrogens is 530 g/mol. The Morgan fingerprint density at radius 1 is 1.05 bits per heavy atom. The van der Waals surface area contributed by atoms with Gasteiger partial charge in [0.05, 0.1) is 49.1 Å². The number of allylic oxidation sites excluding steroid dienone is 1. The molecule has 0 radical (unpaired) electrons. The average Bonchev–Trinajstić information content (AvgIpc) is 3.28. The second-order valence-electron chi connectivity index (χ2n) is 12.1. The Labute approximate surface area is 242 Å². The molecule has 7 atom stereocenters. The van der Waals surface area contributed by atoms with Crippen molar-refractivity contribution in [3.63, 3.8) is 0 Å². The van der Waals surface area contributed by atoms with Gasteiger partial charge in [-0.2, -0.15) is 0 Å². The molecule has 5 aliphatic rings. The predicted molar refractivity (Wildman–Crippen MR) is 154 cm³/mol. The van der Waals surface area contributed by atoms with E-state index >= 15 is 0 Å². The number of nitrogens with zero attached hydrogens (tertiary/aromatic N) is 3. The van der Waals surface area contributed by atoms with Gasteiger partial charge in [-0.05, 0) is 32.1 Å². The Balaban J connectivity index is 1.56. The van der Waals surface area contributed by atoms with Crippen LogP contribution >= 0.6 is 11.8 Å². The maximum atomic E-state index is 14.6. The van der Waals surface area contributed by atoms with Crippen LogP contribution in [0.5, 0.6) is 0 Å². The highest BCUT2D eigenvalue weighted by Gasteiger charge is 2.74. The van der Waals surface area contributed by atoms with Crippen LogP contribution in [0.3, 0.4) is 0 Å². The normalized spacial score (nSPS) is 37.3. The molecule has 3 saturated heterocycles. The van der Waals surface area contributed by atoms with Crippen LogP contribution in [0, 0.1) is 17.8 Å². The number of carbonyl (C=O) groups is 3. The minimum Gasteiger partial charge on any atom is -0.465 e. The molecule has 0 aromatic heterocycles. The monoisotopic (exact) mass is 575 g/mol. The number of hydrogen-bond acceptors (Lipinski definition) is 8. The lowest BCUT2D eigenvalue weighted by Crippen LogP contribution is -2.58. The van der Waals surface area contributed by atoms with Crippen molar-refractivity contribution < 1.29 is 29.0 Å². The first-order valence-electron chi connectivity index (χ1n) is 15.0. The molecule has 5 aliphatic heterocycles. The summed E-state index contributed by atoms with van der Waals surface area (Å²) in [5.74, 6) is -2.18. The number of carbonyl (C=O) groups excluding carboxylic acids is 3. The van der Waals surface area contributed by atoms with Crippen molar-refractivity contribution in [1.29, 1.82) is 0 Å². The maximum Gasteiger partial charge on any atom is 0.311 e. The summed E-state index contributed by atoms with van der Waals surface area (Å²) in [6, 6.07) is -1.32. The van der Waals surface area contributed by atoms with Gasteiger partial charge in [-0.1, -0.05) is 44.6 Å². The summed E-state index contributed by atoms with van der Waals surface area (Å²) in [6.45, 7) is 10.9. The van der Waals surface area contributed by atoms with Gasteiger partial charge in [0.15, 0.2) is 0 Å². The number of thioether (sulfide) groups is 1. The summed E-state index contributed by atoms with van der Waals surface area (Å²) < 4.78 is 9.62. The zero-order valence-electron chi connectivity index (χ0n) is 24.1. The molecule has 40 heavy (non-hydrogen) atoms. The summed E-state index contributed by atoms with van der Waals surface area (Å²) in [7, 11) is 0. The third-order valence-corrected chi connectivity index (χ3v) is 11.5. The van der Waals surface area contributed by atoms with E-state index < -0.39 is 33.4 Å². The molecule has 0 aromatic carbocycles. The predicted octanol–water partition coefficient (Wildman–Crippen LogP) is 2.09. The minimum atomic E-state index is -0.931. The Kier molecular flexibility index (Phi) is 9.00. The number of fused-ring (bicyclic) bond motifs is 2. The highest BCUT2D eigenvalue weighted by molar-refractivity contribution is 8.02. The first-order chi connectivity index (χ1) is 19.3. The van der Waals surface area contributed by atoms with E-state index in [0.717, 1.165) is 45.3 Å². The number of esters is 1. The number of likely N-dealkylation sites (tertiary alicyclic amines) is 1. The maximum absolute atomic E-state index is 14.6. The number of hydrogen-bond donors (Lipinski definition) is 1. The smallest absolute Gasteiger partial charge is 0.311 e.